The SMILES string of the molecule is CCC(CC)NCCc1sccc1C. The van der Waals surface area contributed by atoms with Gasteiger partial charge in [0.2, 0.25) is 0 Å². The van der Waals surface area contributed by atoms with E-state index in [0.717, 1.165) is 6.54 Å². The molecule has 0 amide bonds. The van der Waals surface area contributed by atoms with Crippen LogP contribution in [0.4, 0.5) is 0 Å². The Hall–Kier alpha value is -0.340. The Labute approximate surface area is 91.5 Å². The molecule has 0 bridgehead atoms. The molecule has 1 heterocycles. The molecular weight excluding hydrogens is 190 g/mol. The van der Waals surface area contributed by atoms with Crippen LogP contribution in [0.2, 0.25) is 0 Å². The fraction of sp³-hybridized carbons (Fsp3) is 0.667. The third-order valence-electron chi connectivity index (χ3n) is 2.74. The maximum atomic E-state index is 3.59. The van der Waals surface area contributed by atoms with E-state index in [1.54, 1.807) is 0 Å². The van der Waals surface area contributed by atoms with Crippen molar-refractivity contribution in [2.24, 2.45) is 0 Å². The van der Waals surface area contributed by atoms with E-state index in [2.05, 4.69) is 37.5 Å². The predicted molar refractivity (Wildman–Crippen MR) is 65.1 cm³/mol. The number of thiophene rings is 1. The lowest BCUT2D eigenvalue weighted by molar-refractivity contribution is 0.489. The van der Waals surface area contributed by atoms with Crippen LogP contribution in [0.1, 0.15) is 37.1 Å². The minimum atomic E-state index is 0.704. The molecule has 14 heavy (non-hydrogen) atoms. The summed E-state index contributed by atoms with van der Waals surface area (Å²) in [4.78, 5) is 1.53. The highest BCUT2D eigenvalue weighted by Crippen LogP contribution is 2.15. The summed E-state index contributed by atoms with van der Waals surface area (Å²) in [7, 11) is 0. The van der Waals surface area contributed by atoms with Crippen molar-refractivity contribution in [3.8, 4) is 0 Å². The average molecular weight is 211 g/mol. The Morgan fingerprint density at radius 1 is 1.36 bits per heavy atom. The van der Waals surface area contributed by atoms with Gasteiger partial charge in [0.1, 0.15) is 0 Å². The molecule has 0 aliphatic heterocycles. The number of rotatable bonds is 6. The van der Waals surface area contributed by atoms with Crippen LogP contribution in [-0.2, 0) is 6.42 Å². The third kappa shape index (κ3) is 3.43. The van der Waals surface area contributed by atoms with Gasteiger partial charge in [-0.1, -0.05) is 13.8 Å². The number of hydrogen-bond donors (Lipinski definition) is 1. The standard InChI is InChI=1S/C12H21NS/c1-4-11(5-2)13-8-6-12-10(3)7-9-14-12/h7,9,11,13H,4-6,8H2,1-3H3. The first kappa shape index (κ1) is 11.7. The molecule has 1 aromatic heterocycles. The van der Waals surface area contributed by atoms with E-state index < -0.39 is 0 Å². The molecule has 1 N–H and O–H groups in total. The Balaban J connectivity index is 2.24. The molecular formula is C12H21NS. The second kappa shape index (κ2) is 6.20. The van der Waals surface area contributed by atoms with E-state index in [-0.39, 0.29) is 0 Å². The fourth-order valence-corrected chi connectivity index (χ4v) is 2.54. The van der Waals surface area contributed by atoms with Crippen LogP contribution in [0.5, 0.6) is 0 Å². The van der Waals surface area contributed by atoms with E-state index in [1.807, 2.05) is 11.3 Å². The van der Waals surface area contributed by atoms with Crippen LogP contribution in [0.15, 0.2) is 11.4 Å². The van der Waals surface area contributed by atoms with Crippen LogP contribution in [0.3, 0.4) is 0 Å². The van der Waals surface area contributed by atoms with Gasteiger partial charge in [-0.05, 0) is 43.2 Å². The first-order valence-electron chi connectivity index (χ1n) is 5.54. The maximum Gasteiger partial charge on any atom is 0.00870 e. The summed E-state index contributed by atoms with van der Waals surface area (Å²) < 4.78 is 0. The summed E-state index contributed by atoms with van der Waals surface area (Å²) in [5.41, 5.74) is 1.45. The van der Waals surface area contributed by atoms with Crippen molar-refractivity contribution in [2.75, 3.05) is 6.54 Å². The number of aryl methyl sites for hydroxylation is 1. The van der Waals surface area contributed by atoms with Gasteiger partial charge >= 0.3 is 0 Å². The molecule has 1 rings (SSSR count). The summed E-state index contributed by atoms with van der Waals surface area (Å²) in [5.74, 6) is 0. The molecule has 0 atom stereocenters. The summed E-state index contributed by atoms with van der Waals surface area (Å²) in [6, 6.07) is 2.91. The largest absolute Gasteiger partial charge is 0.314 e. The van der Waals surface area contributed by atoms with Gasteiger partial charge in [0.15, 0.2) is 0 Å². The van der Waals surface area contributed by atoms with Gasteiger partial charge in [0, 0.05) is 17.5 Å². The van der Waals surface area contributed by atoms with Gasteiger partial charge in [-0.25, -0.2) is 0 Å². The van der Waals surface area contributed by atoms with E-state index in [4.69, 9.17) is 0 Å². The Morgan fingerprint density at radius 2 is 2.07 bits per heavy atom. The van der Waals surface area contributed by atoms with Gasteiger partial charge in [-0.15, -0.1) is 11.3 Å². The maximum absolute atomic E-state index is 3.59. The zero-order chi connectivity index (χ0) is 10.4. The van der Waals surface area contributed by atoms with Crippen molar-refractivity contribution in [2.45, 2.75) is 46.1 Å². The van der Waals surface area contributed by atoms with Crippen molar-refractivity contribution in [3.05, 3.63) is 21.9 Å². The molecule has 0 aliphatic carbocycles. The van der Waals surface area contributed by atoms with Gasteiger partial charge in [-0.3, -0.25) is 0 Å². The lowest BCUT2D eigenvalue weighted by Crippen LogP contribution is -2.29. The van der Waals surface area contributed by atoms with E-state index in [0.29, 0.717) is 6.04 Å². The molecule has 0 saturated carbocycles. The lowest BCUT2D eigenvalue weighted by Gasteiger charge is -2.14. The molecule has 0 unspecified atom stereocenters. The monoisotopic (exact) mass is 211 g/mol. The van der Waals surface area contributed by atoms with Crippen LogP contribution in [0.25, 0.3) is 0 Å². The summed E-state index contributed by atoms with van der Waals surface area (Å²) in [6.07, 6.45) is 3.65. The van der Waals surface area contributed by atoms with Crippen LogP contribution < -0.4 is 5.32 Å². The van der Waals surface area contributed by atoms with E-state index in [1.165, 1.54) is 29.7 Å². The average Bonchev–Trinajstić information content (AvgIpc) is 2.59. The van der Waals surface area contributed by atoms with E-state index >= 15 is 0 Å². The van der Waals surface area contributed by atoms with Crippen LogP contribution in [-0.4, -0.2) is 12.6 Å². The second-order valence-electron chi connectivity index (χ2n) is 3.74. The summed E-state index contributed by atoms with van der Waals surface area (Å²) in [6.45, 7) is 7.81. The Morgan fingerprint density at radius 3 is 2.57 bits per heavy atom. The molecule has 1 nitrogen and oxygen atoms in total. The Bertz CT molecular complexity index is 251. The van der Waals surface area contributed by atoms with Crippen molar-refractivity contribution in [3.63, 3.8) is 0 Å². The zero-order valence-corrected chi connectivity index (χ0v) is 10.3. The first-order valence-corrected chi connectivity index (χ1v) is 6.42. The minimum absolute atomic E-state index is 0.704. The predicted octanol–water partition coefficient (Wildman–Crippen LogP) is 3.38. The first-order chi connectivity index (χ1) is 6.77. The fourth-order valence-electron chi connectivity index (χ4n) is 1.63. The van der Waals surface area contributed by atoms with E-state index in [9.17, 15) is 0 Å². The summed E-state index contributed by atoms with van der Waals surface area (Å²) in [5, 5.41) is 5.77. The quantitative estimate of drug-likeness (QED) is 0.760. The molecule has 1 aromatic rings. The van der Waals surface area contributed by atoms with Crippen molar-refractivity contribution in [1.82, 2.24) is 5.32 Å². The second-order valence-corrected chi connectivity index (χ2v) is 4.75. The van der Waals surface area contributed by atoms with Crippen LogP contribution in [0, 0.1) is 6.92 Å². The normalized spacial score (nSPS) is 11.1. The highest BCUT2D eigenvalue weighted by atomic mass is 32.1. The smallest absolute Gasteiger partial charge is 0.00870 e. The van der Waals surface area contributed by atoms with Crippen molar-refractivity contribution < 1.29 is 0 Å². The third-order valence-corrected chi connectivity index (χ3v) is 3.82. The zero-order valence-electron chi connectivity index (χ0n) is 9.47. The highest BCUT2D eigenvalue weighted by molar-refractivity contribution is 7.10. The van der Waals surface area contributed by atoms with Gasteiger partial charge in [-0.2, -0.15) is 0 Å². The molecule has 0 aromatic carbocycles. The van der Waals surface area contributed by atoms with Gasteiger partial charge < -0.3 is 5.32 Å². The number of nitrogens with one attached hydrogen (secondary N) is 1. The Kier molecular flexibility index (Phi) is 5.20. The highest BCUT2D eigenvalue weighted by Gasteiger charge is 2.03. The topological polar surface area (TPSA) is 12.0 Å². The van der Waals surface area contributed by atoms with Gasteiger partial charge in [0.25, 0.3) is 0 Å². The molecule has 0 fully saturated rings. The van der Waals surface area contributed by atoms with Gasteiger partial charge in [0.05, 0.1) is 0 Å². The lowest BCUT2D eigenvalue weighted by atomic mass is 10.1. The molecule has 80 valence electrons. The molecule has 2 heteroatoms. The molecule has 0 saturated heterocycles. The summed E-state index contributed by atoms with van der Waals surface area (Å²) >= 11 is 1.88. The van der Waals surface area contributed by atoms with Crippen molar-refractivity contribution in [1.29, 1.82) is 0 Å². The number of hydrogen-bond acceptors (Lipinski definition) is 2. The van der Waals surface area contributed by atoms with Crippen LogP contribution >= 0.6 is 11.3 Å². The molecule has 0 radical (unpaired) electrons. The molecule has 0 aliphatic rings. The minimum Gasteiger partial charge on any atom is -0.314 e. The molecule has 0 spiro atoms. The van der Waals surface area contributed by atoms with Crippen molar-refractivity contribution >= 4 is 11.3 Å².